The molecule has 0 amide bonds. The fraction of sp³-hybridized carbons (Fsp3) is 0.429. The van der Waals surface area contributed by atoms with Crippen molar-refractivity contribution in [1.29, 1.82) is 0 Å². The normalized spacial score (nSPS) is 18.0. The van der Waals surface area contributed by atoms with Crippen LogP contribution in [0.25, 0.3) is 0 Å². The highest BCUT2D eigenvalue weighted by Gasteiger charge is 2.24. The maximum Gasteiger partial charge on any atom is 0.118 e. The Labute approximate surface area is 145 Å². The molecular formula is C21H27NO2. The van der Waals surface area contributed by atoms with Crippen LogP contribution < -0.4 is 4.74 Å². The summed E-state index contributed by atoms with van der Waals surface area (Å²) < 4.78 is 11.2. The lowest BCUT2D eigenvalue weighted by Crippen LogP contribution is -2.34. The Morgan fingerprint density at radius 2 is 1.79 bits per heavy atom. The van der Waals surface area contributed by atoms with Gasteiger partial charge in [0.25, 0.3) is 0 Å². The molecule has 0 N–H and O–H groups in total. The van der Waals surface area contributed by atoms with Crippen LogP contribution in [0, 0.1) is 0 Å². The van der Waals surface area contributed by atoms with Gasteiger partial charge in [0.2, 0.25) is 0 Å². The van der Waals surface area contributed by atoms with E-state index in [9.17, 15) is 0 Å². The summed E-state index contributed by atoms with van der Waals surface area (Å²) in [6.45, 7) is 3.84. The van der Waals surface area contributed by atoms with Gasteiger partial charge in [0.15, 0.2) is 0 Å². The number of methoxy groups -OCH3 is 1. The van der Waals surface area contributed by atoms with E-state index in [0.29, 0.717) is 12.6 Å². The van der Waals surface area contributed by atoms with Crippen molar-refractivity contribution in [3.05, 3.63) is 65.7 Å². The summed E-state index contributed by atoms with van der Waals surface area (Å²) in [6, 6.07) is 19.4. The number of ether oxygens (including phenoxy) is 2. The summed E-state index contributed by atoms with van der Waals surface area (Å²) in [7, 11) is 1.71. The lowest BCUT2D eigenvalue weighted by Gasteiger charge is -2.24. The van der Waals surface area contributed by atoms with Gasteiger partial charge >= 0.3 is 0 Å². The van der Waals surface area contributed by atoms with Crippen molar-refractivity contribution in [2.75, 3.05) is 26.8 Å². The highest BCUT2D eigenvalue weighted by Crippen LogP contribution is 2.19. The maximum absolute atomic E-state index is 5.96. The third-order valence-corrected chi connectivity index (χ3v) is 4.77. The van der Waals surface area contributed by atoms with Gasteiger partial charge in [-0.3, -0.25) is 4.90 Å². The Morgan fingerprint density at radius 1 is 1.00 bits per heavy atom. The summed E-state index contributed by atoms with van der Waals surface area (Å²) in [5, 5.41) is 0. The Kier molecular flexibility index (Phi) is 6.27. The highest BCUT2D eigenvalue weighted by molar-refractivity contribution is 5.27. The lowest BCUT2D eigenvalue weighted by atomic mass is 10.1. The molecule has 0 aromatic heterocycles. The van der Waals surface area contributed by atoms with Gasteiger partial charge in [-0.1, -0.05) is 42.5 Å². The van der Waals surface area contributed by atoms with Crippen molar-refractivity contribution < 1.29 is 9.47 Å². The smallest absolute Gasteiger partial charge is 0.118 e. The van der Waals surface area contributed by atoms with Crippen molar-refractivity contribution in [3.8, 4) is 5.75 Å². The second kappa shape index (κ2) is 8.86. The molecule has 24 heavy (non-hydrogen) atoms. The van der Waals surface area contributed by atoms with Gasteiger partial charge in [-0.15, -0.1) is 0 Å². The molecule has 1 fully saturated rings. The summed E-state index contributed by atoms with van der Waals surface area (Å²) in [6.07, 6.45) is 3.61. The molecule has 2 aromatic rings. The van der Waals surface area contributed by atoms with Gasteiger partial charge in [-0.25, -0.2) is 0 Å². The molecule has 3 nitrogen and oxygen atoms in total. The average Bonchev–Trinajstić information content (AvgIpc) is 3.09. The van der Waals surface area contributed by atoms with Gasteiger partial charge in [-0.05, 0) is 49.1 Å². The fourth-order valence-electron chi connectivity index (χ4n) is 3.33. The molecule has 0 radical (unpaired) electrons. The van der Waals surface area contributed by atoms with Crippen LogP contribution in [-0.4, -0.2) is 37.7 Å². The van der Waals surface area contributed by atoms with E-state index in [-0.39, 0.29) is 0 Å². The molecule has 0 spiro atoms. The zero-order valence-electron chi connectivity index (χ0n) is 14.5. The summed E-state index contributed by atoms with van der Waals surface area (Å²) in [4.78, 5) is 2.58. The first-order valence-corrected chi connectivity index (χ1v) is 8.84. The summed E-state index contributed by atoms with van der Waals surface area (Å²) in [5.41, 5.74) is 2.62. The van der Waals surface area contributed by atoms with Crippen LogP contribution in [0.3, 0.4) is 0 Å². The predicted octanol–water partition coefficient (Wildman–Crippen LogP) is 3.92. The second-order valence-electron chi connectivity index (χ2n) is 6.43. The number of nitrogens with zero attached hydrogens (tertiary/aromatic N) is 1. The van der Waals surface area contributed by atoms with E-state index < -0.39 is 0 Å². The third-order valence-electron chi connectivity index (χ3n) is 4.77. The topological polar surface area (TPSA) is 21.7 Å². The number of benzene rings is 2. The molecule has 1 heterocycles. The molecule has 0 bridgehead atoms. The van der Waals surface area contributed by atoms with E-state index in [0.717, 1.165) is 25.3 Å². The van der Waals surface area contributed by atoms with Crippen LogP contribution in [0.5, 0.6) is 5.75 Å². The van der Waals surface area contributed by atoms with Crippen LogP contribution in [-0.2, 0) is 17.8 Å². The first kappa shape index (κ1) is 17.0. The van der Waals surface area contributed by atoms with Crippen molar-refractivity contribution >= 4 is 0 Å². The Bertz CT molecular complexity index is 597. The lowest BCUT2D eigenvalue weighted by molar-refractivity contribution is 0.0672. The molecule has 1 atom stereocenters. The summed E-state index contributed by atoms with van der Waals surface area (Å²) in [5.74, 6) is 0.923. The van der Waals surface area contributed by atoms with E-state index in [1.807, 2.05) is 18.2 Å². The zero-order chi connectivity index (χ0) is 16.6. The second-order valence-corrected chi connectivity index (χ2v) is 6.43. The Hall–Kier alpha value is -1.84. The fourth-order valence-corrected chi connectivity index (χ4v) is 3.33. The number of likely N-dealkylation sites (tertiary alicyclic amines) is 1. The quantitative estimate of drug-likeness (QED) is 0.734. The minimum Gasteiger partial charge on any atom is -0.497 e. The average molecular weight is 325 g/mol. The number of rotatable bonds is 8. The first-order valence-electron chi connectivity index (χ1n) is 8.84. The molecular weight excluding hydrogens is 298 g/mol. The van der Waals surface area contributed by atoms with Gasteiger partial charge in [0.1, 0.15) is 5.75 Å². The van der Waals surface area contributed by atoms with Gasteiger partial charge < -0.3 is 9.47 Å². The van der Waals surface area contributed by atoms with E-state index in [1.54, 1.807) is 7.11 Å². The van der Waals surface area contributed by atoms with Crippen LogP contribution in [0.4, 0.5) is 0 Å². The largest absolute Gasteiger partial charge is 0.497 e. The molecule has 3 heteroatoms. The molecule has 0 unspecified atom stereocenters. The standard InChI is InChI=1S/C21H27NO2/c1-23-21-11-9-18(10-12-21)13-15-22-14-5-8-20(22)17-24-16-19-6-3-2-4-7-19/h2-4,6-7,9-12,20H,5,8,13-17H2,1H3/t20-/m0/s1. The minimum atomic E-state index is 0.562. The van der Waals surface area contributed by atoms with Crippen molar-refractivity contribution in [2.45, 2.75) is 31.9 Å². The van der Waals surface area contributed by atoms with Crippen LogP contribution in [0.15, 0.2) is 54.6 Å². The van der Waals surface area contributed by atoms with E-state index >= 15 is 0 Å². The van der Waals surface area contributed by atoms with Crippen LogP contribution in [0.1, 0.15) is 24.0 Å². The molecule has 1 aliphatic rings. The monoisotopic (exact) mass is 325 g/mol. The van der Waals surface area contributed by atoms with Gasteiger partial charge in [0.05, 0.1) is 20.3 Å². The molecule has 0 saturated carbocycles. The van der Waals surface area contributed by atoms with Crippen molar-refractivity contribution in [3.63, 3.8) is 0 Å². The minimum absolute atomic E-state index is 0.562. The Balaban J connectivity index is 1.43. The number of hydrogen-bond acceptors (Lipinski definition) is 3. The maximum atomic E-state index is 5.96. The molecule has 2 aromatic carbocycles. The van der Waals surface area contributed by atoms with E-state index in [2.05, 4.69) is 41.3 Å². The van der Waals surface area contributed by atoms with Crippen molar-refractivity contribution in [2.24, 2.45) is 0 Å². The first-order chi connectivity index (χ1) is 11.8. The molecule has 1 saturated heterocycles. The van der Waals surface area contributed by atoms with Crippen LogP contribution >= 0.6 is 0 Å². The zero-order valence-corrected chi connectivity index (χ0v) is 14.5. The molecule has 128 valence electrons. The molecule has 3 rings (SSSR count). The number of hydrogen-bond donors (Lipinski definition) is 0. The van der Waals surface area contributed by atoms with Crippen molar-refractivity contribution in [1.82, 2.24) is 4.90 Å². The molecule has 1 aliphatic heterocycles. The third kappa shape index (κ3) is 4.83. The van der Waals surface area contributed by atoms with Crippen LogP contribution in [0.2, 0.25) is 0 Å². The van der Waals surface area contributed by atoms with E-state index in [1.165, 1.54) is 30.5 Å². The highest BCUT2D eigenvalue weighted by atomic mass is 16.5. The van der Waals surface area contributed by atoms with Gasteiger partial charge in [-0.2, -0.15) is 0 Å². The van der Waals surface area contributed by atoms with E-state index in [4.69, 9.17) is 9.47 Å². The Morgan fingerprint density at radius 3 is 2.54 bits per heavy atom. The summed E-state index contributed by atoms with van der Waals surface area (Å²) >= 11 is 0. The SMILES string of the molecule is COc1ccc(CCN2CCC[C@H]2COCc2ccccc2)cc1. The predicted molar refractivity (Wildman–Crippen MR) is 97.4 cm³/mol. The van der Waals surface area contributed by atoms with Gasteiger partial charge in [0, 0.05) is 12.6 Å². The molecule has 0 aliphatic carbocycles.